The Kier molecular flexibility index (Phi) is 2.58. The summed E-state index contributed by atoms with van der Waals surface area (Å²) in [6, 6.07) is -0.904. The predicted octanol–water partition coefficient (Wildman–Crippen LogP) is -1.33. The van der Waals surface area contributed by atoms with Gasteiger partial charge in [-0.15, -0.1) is 0 Å². The summed E-state index contributed by atoms with van der Waals surface area (Å²) in [6.45, 7) is -3.81. The second-order valence-electron chi connectivity index (χ2n) is 2.44. The van der Waals surface area contributed by atoms with Gasteiger partial charge in [0.25, 0.3) is 12.5 Å². The van der Waals surface area contributed by atoms with Crippen molar-refractivity contribution < 1.29 is 24.5 Å². The van der Waals surface area contributed by atoms with Gasteiger partial charge < -0.3 is 20.2 Å². The van der Waals surface area contributed by atoms with Crippen LogP contribution in [-0.4, -0.2) is 44.2 Å². The minimum absolute atomic E-state index is 0.0879. The zero-order valence-electron chi connectivity index (χ0n) is 6.25. The van der Waals surface area contributed by atoms with Crippen LogP contribution in [0.2, 0.25) is 0 Å². The molecule has 0 aliphatic carbocycles. The lowest BCUT2D eigenvalue weighted by Gasteiger charge is -2.39. The van der Waals surface area contributed by atoms with Gasteiger partial charge in [-0.25, -0.2) is 4.79 Å². The van der Waals surface area contributed by atoms with E-state index in [1.807, 2.05) is 5.32 Å². The first kappa shape index (κ1) is 10.4. The number of rotatable bonds is 2. The van der Waals surface area contributed by atoms with Gasteiger partial charge in [-0.05, 0) is 11.8 Å². The van der Waals surface area contributed by atoms with E-state index in [0.717, 1.165) is 0 Å². The number of hydrogen-bond acceptors (Lipinski definition) is 3. The van der Waals surface area contributed by atoms with E-state index in [1.54, 1.807) is 0 Å². The Morgan fingerprint density at radius 2 is 2.23 bits per heavy atom. The van der Waals surface area contributed by atoms with Crippen LogP contribution in [0, 0.1) is 0 Å². The van der Waals surface area contributed by atoms with Gasteiger partial charge in [0.2, 0.25) is 0 Å². The highest BCUT2D eigenvalue weighted by Gasteiger charge is 2.44. The molecule has 1 aliphatic heterocycles. The van der Waals surface area contributed by atoms with Crippen LogP contribution in [0.3, 0.4) is 0 Å². The fourth-order valence-electron chi connectivity index (χ4n) is 0.900. The molecule has 7 nitrogen and oxygen atoms in total. The molecule has 1 rings (SSSR count). The maximum Gasteiger partial charge on any atom is 0.405 e. The molecule has 0 aromatic heterocycles. The van der Waals surface area contributed by atoms with Crippen LogP contribution >= 0.6 is 6.64 Å². The smallest absolute Gasteiger partial charge is 0.405 e. The third-order valence-electron chi connectivity index (χ3n) is 1.52. The molecule has 1 saturated heterocycles. The summed E-state index contributed by atoms with van der Waals surface area (Å²) in [7, 11) is 0. The molecule has 13 heavy (non-hydrogen) atoms. The highest BCUT2D eigenvalue weighted by atomic mass is 32.5. The summed E-state index contributed by atoms with van der Waals surface area (Å²) in [5.74, 6) is -0.698. The van der Waals surface area contributed by atoms with Gasteiger partial charge in [-0.1, -0.05) is 0 Å². The number of hydrogen-bond donors (Lipinski definition) is 4. The zero-order chi connectivity index (χ0) is 10.2. The number of nitrogens with zero attached hydrogens (tertiary/aromatic N) is 1. The van der Waals surface area contributed by atoms with E-state index >= 15 is 0 Å². The Hall–Kier alpha value is -0.690. The van der Waals surface area contributed by atoms with Crippen molar-refractivity contribution in [3.63, 3.8) is 0 Å². The summed E-state index contributed by atoms with van der Waals surface area (Å²) in [5, 5.41) is 10.1. The minimum Gasteiger partial charge on any atom is -0.465 e. The molecule has 4 N–H and O–H groups in total. The molecule has 1 aliphatic rings. The SMILES string of the molecule is O=C(O)N[C@H]1CN(P(O)(O)=S)C1=O. The molecule has 0 bridgehead atoms. The van der Waals surface area contributed by atoms with Crippen molar-refractivity contribution in [1.29, 1.82) is 0 Å². The number of carbonyl (C=O) groups excluding carboxylic acids is 1. The quantitative estimate of drug-likeness (QED) is 0.343. The van der Waals surface area contributed by atoms with Crippen LogP contribution in [0.1, 0.15) is 0 Å². The molecule has 0 spiro atoms. The lowest BCUT2D eigenvalue weighted by atomic mass is 10.2. The van der Waals surface area contributed by atoms with Crippen LogP contribution < -0.4 is 5.32 Å². The Labute approximate surface area is 78.2 Å². The highest BCUT2D eigenvalue weighted by molar-refractivity contribution is 8.08. The van der Waals surface area contributed by atoms with Crippen molar-refractivity contribution >= 4 is 30.4 Å². The van der Waals surface area contributed by atoms with E-state index in [1.165, 1.54) is 0 Å². The van der Waals surface area contributed by atoms with Crippen molar-refractivity contribution in [2.24, 2.45) is 0 Å². The topological polar surface area (TPSA) is 110 Å². The van der Waals surface area contributed by atoms with E-state index < -0.39 is 24.7 Å². The van der Waals surface area contributed by atoms with Crippen LogP contribution in [0.25, 0.3) is 0 Å². The van der Waals surface area contributed by atoms with E-state index in [2.05, 4.69) is 11.8 Å². The summed E-state index contributed by atoms with van der Waals surface area (Å²) in [6.07, 6.45) is -1.33. The van der Waals surface area contributed by atoms with Crippen LogP contribution in [0.5, 0.6) is 0 Å². The van der Waals surface area contributed by atoms with Crippen molar-refractivity contribution in [3.8, 4) is 0 Å². The molecular weight excluding hydrogens is 219 g/mol. The second-order valence-corrected chi connectivity index (χ2v) is 5.41. The summed E-state index contributed by atoms with van der Waals surface area (Å²) < 4.78 is 0.683. The molecule has 0 aromatic carbocycles. The highest BCUT2D eigenvalue weighted by Crippen LogP contribution is 2.44. The molecule has 1 fully saturated rings. The number of amides is 2. The third-order valence-corrected chi connectivity index (χ3v) is 3.10. The van der Waals surface area contributed by atoms with E-state index in [9.17, 15) is 9.59 Å². The maximum absolute atomic E-state index is 11.0. The van der Waals surface area contributed by atoms with Crippen LogP contribution in [0.15, 0.2) is 0 Å². The normalized spacial score (nSPS) is 22.5. The van der Waals surface area contributed by atoms with Crippen molar-refractivity contribution in [2.45, 2.75) is 6.04 Å². The Morgan fingerprint density at radius 3 is 2.54 bits per heavy atom. The predicted molar refractivity (Wildman–Crippen MR) is 45.4 cm³/mol. The van der Waals surface area contributed by atoms with Crippen LogP contribution in [0.4, 0.5) is 4.79 Å². The number of carboxylic acid groups (broad SMARTS) is 1. The molecule has 0 saturated carbocycles. The van der Waals surface area contributed by atoms with E-state index in [-0.39, 0.29) is 6.54 Å². The standard InChI is InChI=1S/C4H7N2O5PS/c7-3-2(5-4(8)9)1-6(3)12(10,11)13/h2,5H,1H2,(H,8,9)(H2,10,11,13)/t2-/m0/s1. The first-order chi connectivity index (χ1) is 5.82. The largest absolute Gasteiger partial charge is 0.465 e. The van der Waals surface area contributed by atoms with Gasteiger partial charge in [0.1, 0.15) is 6.04 Å². The zero-order valence-corrected chi connectivity index (χ0v) is 7.96. The first-order valence-corrected chi connectivity index (χ1v) is 5.85. The first-order valence-electron chi connectivity index (χ1n) is 3.19. The van der Waals surface area contributed by atoms with Gasteiger partial charge in [0.15, 0.2) is 0 Å². The number of nitrogens with one attached hydrogen (secondary N) is 1. The third kappa shape index (κ3) is 2.16. The Balaban J connectivity index is 2.54. The van der Waals surface area contributed by atoms with Gasteiger partial charge >= 0.3 is 6.09 Å². The Bertz CT molecular complexity index is 301. The van der Waals surface area contributed by atoms with Crippen LogP contribution in [-0.2, 0) is 16.6 Å². The summed E-state index contributed by atoms with van der Waals surface area (Å²) >= 11 is 4.25. The van der Waals surface area contributed by atoms with E-state index in [4.69, 9.17) is 14.9 Å². The average Bonchev–Trinajstić information content (AvgIpc) is 1.93. The molecule has 1 atom stereocenters. The number of β-lactam (4-membered cyclic amide) rings is 1. The molecule has 74 valence electrons. The lowest BCUT2D eigenvalue weighted by molar-refractivity contribution is -0.137. The van der Waals surface area contributed by atoms with Crippen molar-refractivity contribution in [1.82, 2.24) is 9.99 Å². The maximum atomic E-state index is 11.0. The van der Waals surface area contributed by atoms with Crippen molar-refractivity contribution in [2.75, 3.05) is 6.54 Å². The van der Waals surface area contributed by atoms with Gasteiger partial charge in [-0.2, -0.15) is 0 Å². The van der Waals surface area contributed by atoms with Gasteiger partial charge in [0.05, 0.1) is 6.54 Å². The molecule has 9 heteroatoms. The lowest BCUT2D eigenvalue weighted by Crippen LogP contribution is -2.61. The monoisotopic (exact) mass is 226 g/mol. The van der Waals surface area contributed by atoms with Gasteiger partial charge in [0, 0.05) is 0 Å². The number of carbonyl (C=O) groups is 2. The average molecular weight is 226 g/mol. The fraction of sp³-hybridized carbons (Fsp3) is 0.500. The molecular formula is C4H7N2O5PS. The fourth-order valence-corrected chi connectivity index (χ4v) is 2.11. The molecule has 0 aromatic rings. The molecule has 1 heterocycles. The Morgan fingerprint density at radius 1 is 1.69 bits per heavy atom. The van der Waals surface area contributed by atoms with Gasteiger partial charge in [-0.3, -0.25) is 9.46 Å². The van der Waals surface area contributed by atoms with Crippen molar-refractivity contribution in [3.05, 3.63) is 0 Å². The molecule has 2 amide bonds. The van der Waals surface area contributed by atoms with E-state index in [0.29, 0.717) is 4.67 Å². The minimum atomic E-state index is -3.72. The summed E-state index contributed by atoms with van der Waals surface area (Å²) in [4.78, 5) is 38.8. The second kappa shape index (κ2) is 3.22. The molecule has 0 unspecified atom stereocenters. The summed E-state index contributed by atoms with van der Waals surface area (Å²) in [5.41, 5.74) is 0. The molecule has 0 radical (unpaired) electrons.